The minimum absolute atomic E-state index is 0.333. The number of rotatable bonds is 5. The average molecular weight is 682 g/mol. The van der Waals surface area contributed by atoms with Gasteiger partial charge in [-0.15, -0.1) is 0 Å². The van der Waals surface area contributed by atoms with Crippen molar-refractivity contribution in [2.24, 2.45) is 17.8 Å². The van der Waals surface area contributed by atoms with E-state index in [1.165, 1.54) is 48.8 Å². The van der Waals surface area contributed by atoms with Gasteiger partial charge in [0.15, 0.2) is 11.6 Å². The van der Waals surface area contributed by atoms with Gasteiger partial charge in [-0.3, -0.25) is 4.90 Å². The quantitative estimate of drug-likeness (QED) is 0.180. The largest absolute Gasteiger partial charge is 0.277 e. The van der Waals surface area contributed by atoms with Crippen LogP contribution in [0.25, 0.3) is 33.9 Å². The lowest BCUT2D eigenvalue weighted by atomic mass is 9.54. The molecule has 2 aliphatic carbocycles. The molecule has 2 bridgehead atoms. The maximum absolute atomic E-state index is 9.42. The molecule has 6 heteroatoms. The Morgan fingerprint density at radius 3 is 1.65 bits per heavy atom. The number of aromatic nitrogens is 3. The summed E-state index contributed by atoms with van der Waals surface area (Å²) in [5, 5.41) is 9.42. The van der Waals surface area contributed by atoms with Crippen LogP contribution < -0.4 is 4.90 Å². The summed E-state index contributed by atoms with van der Waals surface area (Å²) >= 11 is 1.75. The normalized spacial score (nSPS) is 22.1. The number of anilines is 3. The Morgan fingerprint density at radius 2 is 1.10 bits per heavy atom. The van der Waals surface area contributed by atoms with Crippen LogP contribution in [0.3, 0.4) is 0 Å². The molecule has 0 amide bonds. The van der Waals surface area contributed by atoms with Crippen LogP contribution in [0.5, 0.6) is 0 Å². The highest BCUT2D eigenvalue weighted by atomic mass is 32.2. The van der Waals surface area contributed by atoms with E-state index in [1.807, 2.05) is 24.3 Å². The lowest BCUT2D eigenvalue weighted by molar-refractivity contribution is 0.0780. The molecule has 6 aromatic rings. The topological polar surface area (TPSA) is 65.7 Å². The first kappa shape index (κ1) is 31.7. The van der Waals surface area contributed by atoms with E-state index < -0.39 is 0 Å². The predicted octanol–water partition coefficient (Wildman–Crippen LogP) is 11.8. The fourth-order valence-electron chi connectivity index (χ4n) is 9.22. The molecule has 2 fully saturated rings. The number of hydrogen-bond acceptors (Lipinski definition) is 6. The fourth-order valence-corrected chi connectivity index (χ4v) is 10.3. The van der Waals surface area contributed by atoms with Crippen molar-refractivity contribution in [1.82, 2.24) is 15.0 Å². The highest BCUT2D eigenvalue weighted by Crippen LogP contribution is 2.54. The van der Waals surface area contributed by atoms with Gasteiger partial charge in [-0.1, -0.05) is 98.4 Å². The van der Waals surface area contributed by atoms with E-state index in [2.05, 4.69) is 122 Å². The van der Waals surface area contributed by atoms with Gasteiger partial charge < -0.3 is 0 Å². The van der Waals surface area contributed by atoms with E-state index in [0.717, 1.165) is 50.0 Å². The molecular formula is C45H39N5S. The standard InChI is InChI=1S/C45H39N5S/c1-29-23-32-24-30(2)26-45(25-29,27-32)37-21-19-34(20-22-37)33-15-17-36(18-16-33)43-47-42(35-13-11-31(28-46)12-14-35)48-44(49-43)50-38-7-3-5-9-40(38)51-41-10-6-4-8-39(41)50/h3-22,29-30,32H,23-27H2,1-2H3/t29-,30+,32?,45?. The summed E-state index contributed by atoms with van der Waals surface area (Å²) in [6.07, 6.45) is 6.76. The second kappa shape index (κ2) is 12.8. The van der Waals surface area contributed by atoms with Crippen molar-refractivity contribution in [1.29, 1.82) is 5.26 Å². The summed E-state index contributed by atoms with van der Waals surface area (Å²) in [5.74, 6) is 4.18. The number of nitriles is 1. The van der Waals surface area contributed by atoms with Crippen molar-refractivity contribution >= 4 is 29.1 Å². The van der Waals surface area contributed by atoms with E-state index in [0.29, 0.717) is 28.6 Å². The lowest BCUT2D eigenvalue weighted by Crippen LogP contribution is -2.42. The molecule has 9 rings (SSSR count). The molecule has 0 spiro atoms. The molecular weight excluding hydrogens is 643 g/mol. The minimum Gasteiger partial charge on any atom is -0.277 e. The molecule has 2 saturated carbocycles. The fraction of sp³-hybridized carbons (Fsp3) is 0.244. The van der Waals surface area contributed by atoms with Crippen molar-refractivity contribution in [3.63, 3.8) is 0 Å². The zero-order chi connectivity index (χ0) is 34.5. The zero-order valence-corrected chi connectivity index (χ0v) is 29.8. The third kappa shape index (κ3) is 5.90. The summed E-state index contributed by atoms with van der Waals surface area (Å²) in [7, 11) is 0. The first-order chi connectivity index (χ1) is 24.9. The monoisotopic (exact) mass is 681 g/mol. The van der Waals surface area contributed by atoms with Crippen LogP contribution in [0.2, 0.25) is 0 Å². The third-order valence-electron chi connectivity index (χ3n) is 11.1. The lowest BCUT2D eigenvalue weighted by Gasteiger charge is -2.50. The number of para-hydroxylation sites is 2. The molecule has 5 nitrogen and oxygen atoms in total. The van der Waals surface area contributed by atoms with Crippen LogP contribution in [0, 0.1) is 29.1 Å². The first-order valence-corrected chi connectivity index (χ1v) is 18.9. The SMILES string of the molecule is C[C@@H]1CC2C[C@H](C)CC(c3ccc(-c4ccc(-c5nc(-c6ccc(C#N)cc6)nc(N6c7ccccc7Sc7ccccc76)n5)cc4)cc3)(C2)C1. The third-order valence-corrected chi connectivity index (χ3v) is 12.3. The van der Waals surface area contributed by atoms with E-state index in [1.54, 1.807) is 11.8 Å². The second-order valence-electron chi connectivity index (χ2n) is 14.9. The molecule has 3 aliphatic rings. The van der Waals surface area contributed by atoms with Gasteiger partial charge in [-0.25, -0.2) is 4.98 Å². The maximum atomic E-state index is 9.42. The number of nitrogens with zero attached hydrogens (tertiary/aromatic N) is 5. The first-order valence-electron chi connectivity index (χ1n) is 18.1. The van der Waals surface area contributed by atoms with Gasteiger partial charge in [0.2, 0.25) is 5.95 Å². The molecule has 0 N–H and O–H groups in total. The Bertz CT molecular complexity index is 2210. The van der Waals surface area contributed by atoms with E-state index in [4.69, 9.17) is 15.0 Å². The smallest absolute Gasteiger partial charge is 0.238 e. The Labute approximate surface area is 304 Å². The summed E-state index contributed by atoms with van der Waals surface area (Å²) in [4.78, 5) is 19.6. The van der Waals surface area contributed by atoms with Crippen molar-refractivity contribution in [2.75, 3.05) is 4.90 Å². The Kier molecular flexibility index (Phi) is 7.97. The van der Waals surface area contributed by atoms with Crippen molar-refractivity contribution in [3.8, 4) is 40.0 Å². The van der Waals surface area contributed by atoms with Gasteiger partial charge in [0.05, 0.1) is 23.0 Å². The minimum atomic E-state index is 0.333. The van der Waals surface area contributed by atoms with E-state index >= 15 is 0 Å². The Morgan fingerprint density at radius 1 is 0.608 bits per heavy atom. The van der Waals surface area contributed by atoms with Gasteiger partial charge in [-0.2, -0.15) is 15.2 Å². The number of benzene rings is 5. The molecule has 2 heterocycles. The maximum Gasteiger partial charge on any atom is 0.238 e. The molecule has 1 aromatic heterocycles. The second-order valence-corrected chi connectivity index (χ2v) is 16.0. The number of fused-ring (bicyclic) bond motifs is 4. The summed E-state index contributed by atoms with van der Waals surface area (Å²) in [5.41, 5.74) is 8.66. The molecule has 51 heavy (non-hydrogen) atoms. The van der Waals surface area contributed by atoms with Crippen molar-refractivity contribution < 1.29 is 0 Å². The Balaban J connectivity index is 1.09. The van der Waals surface area contributed by atoms with Crippen LogP contribution in [0.1, 0.15) is 57.1 Å². The molecule has 4 atom stereocenters. The van der Waals surface area contributed by atoms with Crippen LogP contribution in [-0.4, -0.2) is 15.0 Å². The number of hydrogen-bond donors (Lipinski definition) is 0. The Hall–Kier alpha value is -5.25. The zero-order valence-electron chi connectivity index (χ0n) is 29.0. The molecule has 0 radical (unpaired) electrons. The highest BCUT2D eigenvalue weighted by molar-refractivity contribution is 7.99. The molecule has 1 aliphatic heterocycles. The molecule has 0 saturated heterocycles. The molecule has 2 unspecified atom stereocenters. The van der Waals surface area contributed by atoms with Gasteiger partial charge >= 0.3 is 0 Å². The summed E-state index contributed by atoms with van der Waals surface area (Å²) in [6.45, 7) is 4.91. The van der Waals surface area contributed by atoms with E-state index in [9.17, 15) is 5.26 Å². The van der Waals surface area contributed by atoms with Gasteiger partial charge in [-0.05, 0) is 120 Å². The van der Waals surface area contributed by atoms with Crippen molar-refractivity contribution in [2.45, 2.75) is 61.2 Å². The van der Waals surface area contributed by atoms with Gasteiger partial charge in [0.25, 0.3) is 0 Å². The van der Waals surface area contributed by atoms with E-state index in [-0.39, 0.29) is 0 Å². The summed E-state index contributed by atoms with van der Waals surface area (Å²) in [6, 6.07) is 44.4. The molecule has 5 aromatic carbocycles. The van der Waals surface area contributed by atoms with Crippen LogP contribution >= 0.6 is 11.8 Å². The van der Waals surface area contributed by atoms with Crippen LogP contribution in [0.15, 0.2) is 131 Å². The van der Waals surface area contributed by atoms with Gasteiger partial charge in [0, 0.05) is 20.9 Å². The van der Waals surface area contributed by atoms with Crippen LogP contribution in [-0.2, 0) is 5.41 Å². The molecule has 250 valence electrons. The predicted molar refractivity (Wildman–Crippen MR) is 206 cm³/mol. The van der Waals surface area contributed by atoms with Crippen LogP contribution in [0.4, 0.5) is 17.3 Å². The highest BCUT2D eigenvalue weighted by Gasteiger charge is 2.45. The van der Waals surface area contributed by atoms with Crippen molar-refractivity contribution in [3.05, 3.63) is 132 Å². The average Bonchev–Trinajstić information content (AvgIpc) is 3.16. The van der Waals surface area contributed by atoms with Gasteiger partial charge in [0.1, 0.15) is 0 Å². The summed E-state index contributed by atoms with van der Waals surface area (Å²) < 4.78 is 0.